The molecule has 0 saturated heterocycles. The Kier molecular flexibility index (Phi) is 5.86. The molecule has 0 atom stereocenters. The van der Waals surface area contributed by atoms with Crippen molar-refractivity contribution in [3.8, 4) is 0 Å². The molecule has 1 amide bonds. The molecule has 0 aromatic carbocycles. The van der Waals surface area contributed by atoms with Crippen LogP contribution < -0.4 is 5.32 Å². The van der Waals surface area contributed by atoms with Gasteiger partial charge in [0.05, 0.1) is 0 Å². The lowest BCUT2D eigenvalue weighted by molar-refractivity contribution is 0.141. The highest BCUT2D eigenvalue weighted by molar-refractivity contribution is 5.63. The molecule has 0 rings (SSSR count). The van der Waals surface area contributed by atoms with E-state index in [-0.39, 0.29) is 0 Å². The van der Waals surface area contributed by atoms with Gasteiger partial charge in [0.2, 0.25) is 0 Å². The van der Waals surface area contributed by atoms with Gasteiger partial charge in [-0.3, -0.25) is 0 Å². The van der Waals surface area contributed by atoms with Gasteiger partial charge in [0.25, 0.3) is 0 Å². The molecule has 0 aromatic rings. The topological polar surface area (TPSA) is 58.2 Å². The van der Waals surface area contributed by atoms with Crippen LogP contribution in [0.25, 0.3) is 0 Å². The molecular formula is C6H12NO3. The predicted molar refractivity (Wildman–Crippen MR) is 35.2 cm³/mol. The first-order chi connectivity index (χ1) is 4.77. The van der Waals surface area contributed by atoms with Gasteiger partial charge >= 0.3 is 6.09 Å². The molecule has 1 radical (unpaired) electrons. The maximum absolute atomic E-state index is 9.77. The van der Waals surface area contributed by atoms with E-state index in [4.69, 9.17) is 4.74 Å². The molecule has 1 N–H and O–H groups in total. The molecule has 0 fully saturated rings. The summed E-state index contributed by atoms with van der Waals surface area (Å²) < 4.78 is 4.96. The Balaban J connectivity index is 2.84. The Bertz CT molecular complexity index is 95.0. The van der Waals surface area contributed by atoms with E-state index in [1.807, 2.05) is 6.92 Å². The van der Waals surface area contributed by atoms with Crippen molar-refractivity contribution in [1.82, 2.24) is 5.32 Å². The van der Waals surface area contributed by atoms with Crippen molar-refractivity contribution in [2.45, 2.75) is 13.3 Å². The van der Waals surface area contributed by atoms with Gasteiger partial charge in [-0.05, 0) is 13.3 Å². The lowest BCUT2D eigenvalue weighted by Gasteiger charge is -1.99. The van der Waals surface area contributed by atoms with Gasteiger partial charge in [0, 0.05) is 19.8 Å². The summed E-state index contributed by atoms with van der Waals surface area (Å²) >= 11 is 0. The molecule has 0 spiro atoms. The second kappa shape index (κ2) is 6.35. The van der Waals surface area contributed by atoms with Crippen molar-refractivity contribution in [2.75, 3.05) is 19.8 Å². The monoisotopic (exact) mass is 146 g/mol. The lowest BCUT2D eigenvalue weighted by atomic mass is 10.4. The van der Waals surface area contributed by atoms with Crippen LogP contribution in [0.1, 0.15) is 13.3 Å². The fraction of sp³-hybridized carbons (Fsp3) is 0.833. The van der Waals surface area contributed by atoms with Gasteiger partial charge in [0.15, 0.2) is 0 Å². The number of carbonyl (C=O) groups excluding carboxylic acids is 1. The van der Waals surface area contributed by atoms with E-state index in [0.29, 0.717) is 26.2 Å². The quantitative estimate of drug-likeness (QED) is 0.576. The Labute approximate surface area is 60.2 Å². The normalized spacial score (nSPS) is 9.30. The smallest absolute Gasteiger partial charge is 0.382 e. The highest BCUT2D eigenvalue weighted by Gasteiger charge is 1.93. The number of hydrogen-bond donors (Lipinski definition) is 1. The Hall–Kier alpha value is -0.770. The number of ether oxygens (including phenoxy) is 1. The Morgan fingerprint density at radius 1 is 1.60 bits per heavy atom. The molecule has 0 aromatic heterocycles. The van der Waals surface area contributed by atoms with E-state index in [2.05, 4.69) is 5.32 Å². The minimum absolute atomic E-state index is 0.405. The third kappa shape index (κ3) is 7.23. The van der Waals surface area contributed by atoms with Crippen LogP contribution in [0, 0.1) is 0 Å². The number of carbonyl (C=O) groups is 1. The molecule has 0 aliphatic carbocycles. The average molecular weight is 146 g/mol. The van der Waals surface area contributed by atoms with Crippen LogP contribution in [0.4, 0.5) is 4.79 Å². The van der Waals surface area contributed by atoms with Crippen LogP contribution in [0.3, 0.4) is 0 Å². The number of amides is 1. The molecule has 0 aliphatic heterocycles. The van der Waals surface area contributed by atoms with Crippen molar-refractivity contribution in [3.63, 3.8) is 0 Å². The molecule has 59 valence electrons. The van der Waals surface area contributed by atoms with Crippen LogP contribution in [0.5, 0.6) is 0 Å². The third-order valence-electron chi connectivity index (χ3n) is 0.939. The van der Waals surface area contributed by atoms with Gasteiger partial charge in [-0.25, -0.2) is 9.90 Å². The van der Waals surface area contributed by atoms with Crippen LogP contribution >= 0.6 is 0 Å². The van der Waals surface area contributed by atoms with Crippen molar-refractivity contribution in [3.05, 3.63) is 0 Å². The maximum atomic E-state index is 9.77. The summed E-state index contributed by atoms with van der Waals surface area (Å²) in [4.78, 5) is 9.77. The van der Waals surface area contributed by atoms with Crippen LogP contribution in [-0.4, -0.2) is 25.9 Å². The highest BCUT2D eigenvalue weighted by Crippen LogP contribution is 1.79. The second-order valence-electron chi connectivity index (χ2n) is 1.76. The molecule has 0 unspecified atom stereocenters. The van der Waals surface area contributed by atoms with Crippen LogP contribution in [0.15, 0.2) is 0 Å². The number of rotatable bonds is 5. The standard InChI is InChI=1S/C6H12NO3/c1-2-10-5-3-4-7-6(8)9/h7H,2-5H2,1H3. The van der Waals surface area contributed by atoms with Crippen molar-refractivity contribution in [1.29, 1.82) is 0 Å². The fourth-order valence-electron chi connectivity index (χ4n) is 0.509. The summed E-state index contributed by atoms with van der Waals surface area (Å²) in [7, 11) is 0. The zero-order valence-electron chi connectivity index (χ0n) is 6.05. The average Bonchev–Trinajstić information content (AvgIpc) is 1.87. The Morgan fingerprint density at radius 3 is 2.80 bits per heavy atom. The van der Waals surface area contributed by atoms with Gasteiger partial charge in [-0.1, -0.05) is 0 Å². The third-order valence-corrected chi connectivity index (χ3v) is 0.939. The summed E-state index contributed by atoms with van der Waals surface area (Å²) in [5.41, 5.74) is 0. The van der Waals surface area contributed by atoms with Crippen LogP contribution in [-0.2, 0) is 9.84 Å². The molecule has 4 heteroatoms. The first-order valence-corrected chi connectivity index (χ1v) is 3.30. The molecule has 4 nitrogen and oxygen atoms in total. The van der Waals surface area contributed by atoms with E-state index in [0.717, 1.165) is 0 Å². The van der Waals surface area contributed by atoms with E-state index in [1.165, 1.54) is 0 Å². The zero-order chi connectivity index (χ0) is 7.82. The van der Waals surface area contributed by atoms with Crippen molar-refractivity contribution < 1.29 is 14.6 Å². The molecule has 0 saturated carbocycles. The first kappa shape index (κ1) is 9.23. The summed E-state index contributed by atoms with van der Waals surface area (Å²) in [5, 5.41) is 11.9. The first-order valence-electron chi connectivity index (χ1n) is 3.30. The SMILES string of the molecule is CCOCCCNC([O])=O. The molecule has 10 heavy (non-hydrogen) atoms. The summed E-state index contributed by atoms with van der Waals surface area (Å²) in [6, 6.07) is 0. The zero-order valence-corrected chi connectivity index (χ0v) is 6.05. The minimum atomic E-state index is -1.23. The Morgan fingerprint density at radius 2 is 2.30 bits per heavy atom. The van der Waals surface area contributed by atoms with E-state index >= 15 is 0 Å². The van der Waals surface area contributed by atoms with Gasteiger partial charge in [-0.15, -0.1) is 0 Å². The lowest BCUT2D eigenvalue weighted by Crippen LogP contribution is -2.21. The predicted octanol–water partition coefficient (Wildman–Crippen LogP) is 0.553. The van der Waals surface area contributed by atoms with Gasteiger partial charge in [-0.2, -0.15) is 0 Å². The highest BCUT2D eigenvalue weighted by atomic mass is 16.5. The summed E-state index contributed by atoms with van der Waals surface area (Å²) in [6.07, 6.45) is -0.529. The largest absolute Gasteiger partial charge is 0.450 e. The second-order valence-corrected chi connectivity index (χ2v) is 1.76. The summed E-state index contributed by atoms with van der Waals surface area (Å²) in [5.74, 6) is 0. The van der Waals surface area contributed by atoms with Gasteiger partial charge in [0.1, 0.15) is 0 Å². The number of hydrogen-bond acceptors (Lipinski definition) is 2. The molecular weight excluding hydrogens is 134 g/mol. The molecule has 0 bridgehead atoms. The van der Waals surface area contributed by atoms with Crippen LogP contribution in [0.2, 0.25) is 0 Å². The van der Waals surface area contributed by atoms with E-state index in [9.17, 15) is 9.90 Å². The van der Waals surface area contributed by atoms with Crippen molar-refractivity contribution >= 4 is 6.09 Å². The number of nitrogens with one attached hydrogen (secondary N) is 1. The fourth-order valence-corrected chi connectivity index (χ4v) is 0.509. The maximum Gasteiger partial charge on any atom is 0.450 e. The molecule has 0 aliphatic rings. The van der Waals surface area contributed by atoms with Gasteiger partial charge < -0.3 is 10.1 Å². The van der Waals surface area contributed by atoms with E-state index < -0.39 is 6.09 Å². The van der Waals surface area contributed by atoms with E-state index in [1.54, 1.807) is 0 Å². The minimum Gasteiger partial charge on any atom is -0.382 e. The molecule has 0 heterocycles. The van der Waals surface area contributed by atoms with Crippen molar-refractivity contribution in [2.24, 2.45) is 0 Å². The summed E-state index contributed by atoms with van der Waals surface area (Å²) in [6.45, 7) is 3.57.